The summed E-state index contributed by atoms with van der Waals surface area (Å²) >= 11 is 0. The number of aryl methyl sites for hydroxylation is 1. The molecule has 0 fully saturated rings. The van der Waals surface area contributed by atoms with Gasteiger partial charge < -0.3 is 15.8 Å². The molecular weight excluding hydrogens is 206 g/mol. The number of hydrogen-bond donors (Lipinski definition) is 2. The van der Waals surface area contributed by atoms with E-state index in [-0.39, 0.29) is 5.91 Å². The summed E-state index contributed by atoms with van der Waals surface area (Å²) in [5, 5.41) is 2.66. The van der Waals surface area contributed by atoms with E-state index in [9.17, 15) is 4.79 Å². The molecule has 1 rings (SSSR count). The number of carbonyl (C=O) groups is 1. The highest BCUT2D eigenvalue weighted by atomic mass is 16.5. The summed E-state index contributed by atoms with van der Waals surface area (Å²) in [6, 6.07) is 3.09. The van der Waals surface area contributed by atoms with Crippen molar-refractivity contribution in [2.75, 3.05) is 19.0 Å². The van der Waals surface area contributed by atoms with Crippen LogP contribution in [0.4, 0.5) is 5.82 Å². The molecule has 1 aromatic heterocycles. The first kappa shape index (κ1) is 12.6. The first-order valence-electron chi connectivity index (χ1n) is 5.11. The summed E-state index contributed by atoms with van der Waals surface area (Å²) < 4.78 is 4.86. The molecule has 0 aliphatic carbocycles. The fraction of sp³-hybridized carbons (Fsp3) is 0.455. The van der Waals surface area contributed by atoms with Crippen LogP contribution in [0.5, 0.6) is 0 Å². The fourth-order valence-electron chi connectivity index (χ4n) is 1.20. The number of nitrogens with two attached hydrogens (primary N) is 1. The van der Waals surface area contributed by atoms with Gasteiger partial charge >= 0.3 is 0 Å². The van der Waals surface area contributed by atoms with Crippen molar-refractivity contribution in [3.63, 3.8) is 0 Å². The predicted molar refractivity (Wildman–Crippen MR) is 62.1 cm³/mol. The molecule has 88 valence electrons. The number of amides is 1. The number of nitrogens with one attached hydrogen (secondary N) is 1. The Kier molecular flexibility index (Phi) is 4.88. The molecule has 0 radical (unpaired) electrons. The second-order valence-corrected chi connectivity index (χ2v) is 3.60. The number of pyridine rings is 1. The maximum atomic E-state index is 11.6. The van der Waals surface area contributed by atoms with Crippen molar-refractivity contribution in [2.45, 2.75) is 19.4 Å². The van der Waals surface area contributed by atoms with E-state index < -0.39 is 6.04 Å². The molecule has 0 bridgehead atoms. The van der Waals surface area contributed by atoms with Crippen LogP contribution >= 0.6 is 0 Å². The van der Waals surface area contributed by atoms with Gasteiger partial charge in [0.15, 0.2) is 0 Å². The average molecular weight is 223 g/mol. The molecule has 1 atom stereocenters. The lowest BCUT2D eigenvalue weighted by atomic mass is 10.2. The molecule has 0 aliphatic heterocycles. The maximum Gasteiger partial charge on any atom is 0.242 e. The Bertz CT molecular complexity index is 355. The zero-order chi connectivity index (χ0) is 12.0. The van der Waals surface area contributed by atoms with Crippen molar-refractivity contribution in [3.05, 3.63) is 23.9 Å². The molecule has 0 saturated heterocycles. The molecule has 16 heavy (non-hydrogen) atoms. The van der Waals surface area contributed by atoms with Gasteiger partial charge in [0, 0.05) is 19.9 Å². The summed E-state index contributed by atoms with van der Waals surface area (Å²) in [6.45, 7) is 2.40. The van der Waals surface area contributed by atoms with Gasteiger partial charge in [-0.1, -0.05) is 0 Å². The smallest absolute Gasteiger partial charge is 0.242 e. The Balaban J connectivity index is 2.50. The first-order valence-corrected chi connectivity index (χ1v) is 5.11. The zero-order valence-corrected chi connectivity index (χ0v) is 9.56. The highest BCUT2D eigenvalue weighted by Crippen LogP contribution is 2.05. The van der Waals surface area contributed by atoms with Crippen LogP contribution < -0.4 is 11.1 Å². The third-order valence-corrected chi connectivity index (χ3v) is 2.14. The lowest BCUT2D eigenvalue weighted by Gasteiger charge is -2.11. The van der Waals surface area contributed by atoms with Crippen LogP contribution in [0.15, 0.2) is 18.3 Å². The van der Waals surface area contributed by atoms with Crippen LogP contribution in [0.2, 0.25) is 0 Å². The molecular formula is C11H17N3O2. The number of ether oxygens (including phenoxy) is 1. The normalized spacial score (nSPS) is 12.2. The lowest BCUT2D eigenvalue weighted by Crippen LogP contribution is -2.36. The highest BCUT2D eigenvalue weighted by Gasteiger charge is 2.13. The molecule has 1 unspecified atom stereocenters. The van der Waals surface area contributed by atoms with Crippen molar-refractivity contribution in [1.82, 2.24) is 4.98 Å². The van der Waals surface area contributed by atoms with Crippen LogP contribution in [0.25, 0.3) is 0 Å². The van der Waals surface area contributed by atoms with Crippen LogP contribution in [0, 0.1) is 6.92 Å². The van der Waals surface area contributed by atoms with Gasteiger partial charge in [0.1, 0.15) is 5.82 Å². The predicted octanol–water partition coefficient (Wildman–Crippen LogP) is 0.692. The largest absolute Gasteiger partial charge is 0.385 e. The lowest BCUT2D eigenvalue weighted by molar-refractivity contribution is -0.117. The molecule has 5 heteroatoms. The SMILES string of the molecule is COCCC(N)C(=O)Nc1cc(C)ccn1. The number of carbonyl (C=O) groups excluding carboxylic acids is 1. The number of methoxy groups -OCH3 is 1. The summed E-state index contributed by atoms with van der Waals surface area (Å²) in [6.07, 6.45) is 2.14. The average Bonchev–Trinajstić information content (AvgIpc) is 2.25. The molecule has 1 heterocycles. The van der Waals surface area contributed by atoms with Gasteiger partial charge in [-0.05, 0) is 31.0 Å². The third-order valence-electron chi connectivity index (χ3n) is 2.14. The quantitative estimate of drug-likeness (QED) is 0.770. The number of nitrogens with zero attached hydrogens (tertiary/aromatic N) is 1. The standard InChI is InChI=1S/C11H17N3O2/c1-8-3-5-13-10(7-8)14-11(15)9(12)4-6-16-2/h3,5,7,9H,4,6,12H2,1-2H3,(H,13,14,15). The Morgan fingerprint density at radius 2 is 2.44 bits per heavy atom. The third kappa shape index (κ3) is 3.96. The van der Waals surface area contributed by atoms with Crippen LogP contribution in [-0.2, 0) is 9.53 Å². The van der Waals surface area contributed by atoms with Crippen molar-refractivity contribution in [3.8, 4) is 0 Å². The van der Waals surface area contributed by atoms with E-state index in [1.807, 2.05) is 13.0 Å². The van der Waals surface area contributed by atoms with Crippen molar-refractivity contribution >= 4 is 11.7 Å². The molecule has 0 aromatic carbocycles. The van der Waals surface area contributed by atoms with E-state index in [1.165, 1.54) is 0 Å². The van der Waals surface area contributed by atoms with Gasteiger partial charge in [0.25, 0.3) is 0 Å². The Morgan fingerprint density at radius 3 is 3.06 bits per heavy atom. The van der Waals surface area contributed by atoms with Crippen molar-refractivity contribution < 1.29 is 9.53 Å². The zero-order valence-electron chi connectivity index (χ0n) is 9.56. The Labute approximate surface area is 95.0 Å². The van der Waals surface area contributed by atoms with Gasteiger partial charge in [0.05, 0.1) is 6.04 Å². The van der Waals surface area contributed by atoms with E-state index in [1.54, 1.807) is 19.4 Å². The van der Waals surface area contributed by atoms with Gasteiger partial charge in [-0.3, -0.25) is 4.79 Å². The van der Waals surface area contributed by atoms with Gasteiger partial charge in [-0.25, -0.2) is 4.98 Å². The summed E-state index contributed by atoms with van der Waals surface area (Å²) in [7, 11) is 1.58. The molecule has 1 aromatic rings. The van der Waals surface area contributed by atoms with Crippen LogP contribution in [0.1, 0.15) is 12.0 Å². The summed E-state index contributed by atoms with van der Waals surface area (Å²) in [4.78, 5) is 15.6. The van der Waals surface area contributed by atoms with Crippen LogP contribution in [0.3, 0.4) is 0 Å². The molecule has 1 amide bonds. The molecule has 0 spiro atoms. The number of hydrogen-bond acceptors (Lipinski definition) is 4. The Hall–Kier alpha value is -1.46. The minimum atomic E-state index is -0.567. The van der Waals surface area contributed by atoms with Crippen molar-refractivity contribution in [1.29, 1.82) is 0 Å². The number of anilines is 1. The second kappa shape index (κ2) is 6.19. The van der Waals surface area contributed by atoms with E-state index in [2.05, 4.69) is 10.3 Å². The minimum absolute atomic E-state index is 0.241. The van der Waals surface area contributed by atoms with Crippen LogP contribution in [-0.4, -0.2) is 30.6 Å². The number of rotatable bonds is 5. The molecule has 0 aliphatic rings. The first-order chi connectivity index (χ1) is 7.63. The van der Waals surface area contributed by atoms with E-state index >= 15 is 0 Å². The second-order valence-electron chi connectivity index (χ2n) is 3.60. The highest BCUT2D eigenvalue weighted by molar-refractivity contribution is 5.93. The van der Waals surface area contributed by atoms with Gasteiger partial charge in [-0.15, -0.1) is 0 Å². The van der Waals surface area contributed by atoms with E-state index in [0.717, 1.165) is 5.56 Å². The minimum Gasteiger partial charge on any atom is -0.385 e. The summed E-state index contributed by atoms with van der Waals surface area (Å²) in [5.74, 6) is 0.285. The van der Waals surface area contributed by atoms with Crippen molar-refractivity contribution in [2.24, 2.45) is 5.73 Å². The van der Waals surface area contributed by atoms with E-state index in [4.69, 9.17) is 10.5 Å². The topological polar surface area (TPSA) is 77.2 Å². The monoisotopic (exact) mass is 223 g/mol. The Morgan fingerprint density at radius 1 is 1.69 bits per heavy atom. The van der Waals surface area contributed by atoms with Gasteiger partial charge in [0.2, 0.25) is 5.91 Å². The van der Waals surface area contributed by atoms with Gasteiger partial charge in [-0.2, -0.15) is 0 Å². The fourth-order valence-corrected chi connectivity index (χ4v) is 1.20. The number of aromatic nitrogens is 1. The summed E-state index contributed by atoms with van der Waals surface area (Å²) in [5.41, 5.74) is 6.71. The maximum absolute atomic E-state index is 11.6. The molecule has 0 saturated carbocycles. The van der Waals surface area contributed by atoms with E-state index in [0.29, 0.717) is 18.8 Å². The molecule has 3 N–H and O–H groups in total. The molecule has 5 nitrogen and oxygen atoms in total.